The van der Waals surface area contributed by atoms with Crippen molar-refractivity contribution in [2.75, 3.05) is 20.1 Å². The molecule has 0 aliphatic carbocycles. The van der Waals surface area contributed by atoms with Crippen molar-refractivity contribution in [1.82, 2.24) is 9.62 Å². The number of hydrogen-bond acceptors (Lipinski definition) is 4. The molecule has 0 saturated carbocycles. The Morgan fingerprint density at radius 2 is 1.85 bits per heavy atom. The maximum atomic E-state index is 12.9. The van der Waals surface area contributed by atoms with Crippen molar-refractivity contribution in [3.63, 3.8) is 0 Å². The Hall–Kier alpha value is -0.850. The maximum Gasteiger partial charge on any atom is 0.246 e. The summed E-state index contributed by atoms with van der Waals surface area (Å²) in [7, 11) is -1.64. The van der Waals surface area contributed by atoms with Crippen LogP contribution in [0.4, 0.5) is 0 Å². The molecule has 1 aliphatic heterocycles. The van der Waals surface area contributed by atoms with Gasteiger partial charge in [-0.3, -0.25) is 0 Å². The van der Waals surface area contributed by atoms with Gasteiger partial charge in [-0.2, -0.15) is 4.31 Å². The van der Waals surface area contributed by atoms with Crippen molar-refractivity contribution in [3.8, 4) is 0 Å². The Morgan fingerprint density at radius 1 is 1.25 bits per heavy atom. The summed E-state index contributed by atoms with van der Waals surface area (Å²) in [6.07, 6.45) is 1.85. The second-order valence-electron chi connectivity index (χ2n) is 5.64. The molecule has 20 heavy (non-hydrogen) atoms. The largest absolute Gasteiger partial charge is 0.465 e. The summed E-state index contributed by atoms with van der Waals surface area (Å²) in [6, 6.07) is 0. The first-order valence-corrected chi connectivity index (χ1v) is 8.55. The first-order chi connectivity index (χ1) is 9.37. The van der Waals surface area contributed by atoms with E-state index < -0.39 is 10.0 Å². The average Bonchev–Trinajstić information content (AvgIpc) is 2.66. The molecule has 1 aliphatic rings. The first kappa shape index (κ1) is 15.5. The molecule has 0 bridgehead atoms. The third-order valence-corrected chi connectivity index (χ3v) is 6.11. The molecular weight excluding hydrogens is 276 g/mol. The van der Waals surface area contributed by atoms with Crippen molar-refractivity contribution in [3.05, 3.63) is 17.1 Å². The van der Waals surface area contributed by atoms with Gasteiger partial charge in [-0.25, -0.2) is 8.42 Å². The quantitative estimate of drug-likeness (QED) is 0.924. The van der Waals surface area contributed by atoms with Gasteiger partial charge in [-0.1, -0.05) is 6.92 Å². The van der Waals surface area contributed by atoms with Gasteiger partial charge >= 0.3 is 0 Å². The summed E-state index contributed by atoms with van der Waals surface area (Å²) in [4.78, 5) is 0.360. The normalized spacial score (nSPS) is 18.6. The van der Waals surface area contributed by atoms with Crippen LogP contribution in [0.1, 0.15) is 36.8 Å². The first-order valence-electron chi connectivity index (χ1n) is 7.11. The summed E-state index contributed by atoms with van der Waals surface area (Å²) in [6.45, 7) is 7.42. The fraction of sp³-hybridized carbons (Fsp3) is 0.714. The number of piperidine rings is 1. The van der Waals surface area contributed by atoms with Crippen LogP contribution in [0.25, 0.3) is 0 Å². The minimum absolute atomic E-state index is 0.360. The van der Waals surface area contributed by atoms with Gasteiger partial charge in [-0.05, 0) is 39.7 Å². The molecule has 0 radical (unpaired) electrons. The van der Waals surface area contributed by atoms with Crippen LogP contribution in [0, 0.1) is 19.8 Å². The van der Waals surface area contributed by atoms with Gasteiger partial charge in [-0.15, -0.1) is 0 Å². The molecule has 0 amide bonds. The van der Waals surface area contributed by atoms with Crippen LogP contribution in [0.2, 0.25) is 0 Å². The van der Waals surface area contributed by atoms with Gasteiger partial charge in [0.1, 0.15) is 16.4 Å². The van der Waals surface area contributed by atoms with E-state index in [1.54, 1.807) is 18.3 Å². The minimum atomic E-state index is -3.45. The van der Waals surface area contributed by atoms with Gasteiger partial charge in [0.15, 0.2) is 0 Å². The number of rotatable bonds is 4. The Kier molecular flexibility index (Phi) is 4.56. The monoisotopic (exact) mass is 300 g/mol. The van der Waals surface area contributed by atoms with Crippen molar-refractivity contribution >= 4 is 10.0 Å². The van der Waals surface area contributed by atoms with Crippen LogP contribution in [0.5, 0.6) is 0 Å². The highest BCUT2D eigenvalue weighted by Crippen LogP contribution is 2.31. The van der Waals surface area contributed by atoms with Gasteiger partial charge in [0.05, 0.1) is 0 Å². The van der Waals surface area contributed by atoms with Gasteiger partial charge in [0, 0.05) is 25.2 Å². The molecule has 0 unspecified atom stereocenters. The summed E-state index contributed by atoms with van der Waals surface area (Å²) in [5, 5.41) is 3.02. The highest BCUT2D eigenvalue weighted by molar-refractivity contribution is 7.89. The van der Waals surface area contributed by atoms with Crippen molar-refractivity contribution < 1.29 is 12.8 Å². The van der Waals surface area contributed by atoms with Crippen LogP contribution in [-0.4, -0.2) is 32.9 Å². The molecule has 2 rings (SSSR count). The Balaban J connectivity index is 2.39. The lowest BCUT2D eigenvalue weighted by molar-refractivity contribution is 0.287. The predicted octanol–water partition coefficient (Wildman–Crippen LogP) is 2.04. The smallest absolute Gasteiger partial charge is 0.246 e. The highest BCUT2D eigenvalue weighted by atomic mass is 32.2. The second-order valence-corrected chi connectivity index (χ2v) is 7.51. The summed E-state index contributed by atoms with van der Waals surface area (Å²) in [5.41, 5.74) is 0.753. The molecule has 114 valence electrons. The molecule has 1 aromatic heterocycles. The molecule has 6 heteroatoms. The zero-order chi connectivity index (χ0) is 14.9. The number of nitrogens with one attached hydrogen (secondary N) is 1. The van der Waals surface area contributed by atoms with E-state index in [1.165, 1.54) is 0 Å². The molecule has 1 aromatic rings. The topological polar surface area (TPSA) is 62.6 Å². The summed E-state index contributed by atoms with van der Waals surface area (Å²) in [5.74, 6) is 1.78. The van der Waals surface area contributed by atoms with Crippen LogP contribution < -0.4 is 5.32 Å². The minimum Gasteiger partial charge on any atom is -0.465 e. The van der Waals surface area contributed by atoms with Crippen molar-refractivity contribution in [2.24, 2.45) is 5.92 Å². The number of aryl methyl sites for hydroxylation is 2. The summed E-state index contributed by atoms with van der Waals surface area (Å²) >= 11 is 0. The molecule has 0 atom stereocenters. The molecule has 0 spiro atoms. The Bertz CT molecular complexity index is 569. The van der Waals surface area contributed by atoms with Crippen LogP contribution in [0.15, 0.2) is 9.31 Å². The fourth-order valence-corrected chi connectivity index (χ4v) is 4.67. The van der Waals surface area contributed by atoms with Gasteiger partial charge < -0.3 is 9.73 Å². The van der Waals surface area contributed by atoms with Crippen LogP contribution >= 0.6 is 0 Å². The SMILES string of the molecule is CNCc1c(C)oc(C)c1S(=O)(=O)N1CCC(C)CC1. The Morgan fingerprint density at radius 3 is 2.40 bits per heavy atom. The van der Waals surface area contributed by atoms with Crippen molar-refractivity contribution in [2.45, 2.75) is 45.1 Å². The van der Waals surface area contributed by atoms with E-state index in [-0.39, 0.29) is 0 Å². The van der Waals surface area contributed by atoms with E-state index >= 15 is 0 Å². The maximum absolute atomic E-state index is 12.9. The summed E-state index contributed by atoms with van der Waals surface area (Å²) < 4.78 is 32.9. The number of furan rings is 1. The standard InChI is InChI=1S/C14H24N2O3S/c1-10-5-7-16(8-6-10)20(17,18)14-12(3)19-11(2)13(14)9-15-4/h10,15H,5-9H2,1-4H3. The average molecular weight is 300 g/mol. The van der Waals surface area contributed by atoms with E-state index in [4.69, 9.17) is 4.42 Å². The predicted molar refractivity (Wildman–Crippen MR) is 78.1 cm³/mol. The molecule has 1 fully saturated rings. The van der Waals surface area contributed by atoms with E-state index in [9.17, 15) is 8.42 Å². The van der Waals surface area contributed by atoms with Gasteiger partial charge in [0.2, 0.25) is 10.0 Å². The third kappa shape index (κ3) is 2.77. The molecule has 5 nitrogen and oxygen atoms in total. The highest BCUT2D eigenvalue weighted by Gasteiger charge is 2.33. The van der Waals surface area contributed by atoms with Gasteiger partial charge in [0.25, 0.3) is 0 Å². The molecule has 1 N–H and O–H groups in total. The second kappa shape index (κ2) is 5.87. The molecule has 0 aromatic carbocycles. The lowest BCUT2D eigenvalue weighted by atomic mass is 10.0. The fourth-order valence-electron chi connectivity index (χ4n) is 2.78. The third-order valence-electron chi connectivity index (χ3n) is 4.02. The molecule has 1 saturated heterocycles. The number of hydrogen-bond donors (Lipinski definition) is 1. The molecular formula is C14H24N2O3S. The lowest BCUT2D eigenvalue weighted by Crippen LogP contribution is -2.38. The molecule has 2 heterocycles. The number of nitrogens with zero attached hydrogens (tertiary/aromatic N) is 1. The van der Waals surface area contributed by atoms with E-state index in [0.29, 0.717) is 42.0 Å². The Labute approximate surface area is 121 Å². The number of sulfonamides is 1. The van der Waals surface area contributed by atoms with Crippen molar-refractivity contribution in [1.29, 1.82) is 0 Å². The van der Waals surface area contributed by atoms with Crippen LogP contribution in [0.3, 0.4) is 0 Å². The van der Waals surface area contributed by atoms with E-state index in [0.717, 1.165) is 18.4 Å². The zero-order valence-corrected chi connectivity index (χ0v) is 13.5. The lowest BCUT2D eigenvalue weighted by Gasteiger charge is -2.29. The van der Waals surface area contributed by atoms with E-state index in [1.807, 2.05) is 6.92 Å². The van der Waals surface area contributed by atoms with E-state index in [2.05, 4.69) is 12.2 Å². The van der Waals surface area contributed by atoms with Crippen LogP contribution in [-0.2, 0) is 16.6 Å². The zero-order valence-electron chi connectivity index (χ0n) is 12.7.